The minimum Gasteiger partial charge on any atom is -0.454 e. The predicted octanol–water partition coefficient (Wildman–Crippen LogP) is 3.22. The average molecular weight is 315 g/mol. The Bertz CT molecular complexity index is 594. The highest BCUT2D eigenvalue weighted by molar-refractivity contribution is 5.91. The van der Waals surface area contributed by atoms with Gasteiger partial charge in [0.2, 0.25) is 12.7 Å². The van der Waals surface area contributed by atoms with Gasteiger partial charge in [-0.3, -0.25) is 4.79 Å². The summed E-state index contributed by atoms with van der Waals surface area (Å²) < 4.78 is 48.8. The van der Waals surface area contributed by atoms with Crippen molar-refractivity contribution in [1.29, 1.82) is 0 Å². The van der Waals surface area contributed by atoms with Crippen LogP contribution in [0.25, 0.3) is 6.08 Å². The van der Waals surface area contributed by atoms with Gasteiger partial charge in [0.1, 0.15) is 5.56 Å². The Balaban J connectivity index is 2.20. The highest BCUT2D eigenvalue weighted by Crippen LogP contribution is 2.45. The highest BCUT2D eigenvalue weighted by atomic mass is 19.4. The fourth-order valence-electron chi connectivity index (χ4n) is 1.87. The van der Waals surface area contributed by atoms with Gasteiger partial charge in [0, 0.05) is 12.6 Å². The molecule has 0 atom stereocenters. The van der Waals surface area contributed by atoms with E-state index in [0.29, 0.717) is 12.5 Å². The molecule has 0 aromatic heterocycles. The first-order valence-electron chi connectivity index (χ1n) is 6.74. The number of ether oxygens (including phenoxy) is 2. The Hall–Kier alpha value is -2.18. The summed E-state index contributed by atoms with van der Waals surface area (Å²) in [7, 11) is 0. The van der Waals surface area contributed by atoms with Gasteiger partial charge in [-0.15, -0.1) is 0 Å². The predicted molar refractivity (Wildman–Crippen MR) is 74.4 cm³/mol. The summed E-state index contributed by atoms with van der Waals surface area (Å²) >= 11 is 0. The molecule has 120 valence electrons. The molecule has 7 heteroatoms. The molecule has 1 amide bonds. The van der Waals surface area contributed by atoms with Crippen molar-refractivity contribution < 1.29 is 27.4 Å². The maximum Gasteiger partial charge on any atom is 0.420 e. The van der Waals surface area contributed by atoms with Crippen LogP contribution in [0, 0.1) is 5.92 Å². The Morgan fingerprint density at radius 1 is 1.36 bits per heavy atom. The second-order valence-corrected chi connectivity index (χ2v) is 5.27. The monoisotopic (exact) mass is 315 g/mol. The molecule has 22 heavy (non-hydrogen) atoms. The molecule has 0 unspecified atom stereocenters. The van der Waals surface area contributed by atoms with Crippen molar-refractivity contribution in [3.63, 3.8) is 0 Å². The van der Waals surface area contributed by atoms with Gasteiger partial charge in [-0.1, -0.05) is 13.8 Å². The average Bonchev–Trinajstić information content (AvgIpc) is 2.88. The Labute approximate surface area is 125 Å². The lowest BCUT2D eigenvalue weighted by Crippen LogP contribution is -2.25. The second kappa shape index (κ2) is 6.29. The lowest BCUT2D eigenvalue weighted by Gasteiger charge is -2.10. The van der Waals surface area contributed by atoms with E-state index in [-0.39, 0.29) is 29.8 Å². The molecule has 0 radical (unpaired) electrons. The Morgan fingerprint density at radius 2 is 2.09 bits per heavy atom. The van der Waals surface area contributed by atoms with E-state index in [9.17, 15) is 18.0 Å². The van der Waals surface area contributed by atoms with Crippen molar-refractivity contribution in [2.75, 3.05) is 13.3 Å². The molecule has 0 bridgehead atoms. The largest absolute Gasteiger partial charge is 0.454 e. The number of hydrogen-bond acceptors (Lipinski definition) is 3. The van der Waals surface area contributed by atoms with Gasteiger partial charge in [-0.2, -0.15) is 13.2 Å². The molecule has 1 aromatic carbocycles. The number of rotatable bonds is 4. The molecule has 0 fully saturated rings. The smallest absolute Gasteiger partial charge is 0.420 e. The molecule has 0 saturated carbocycles. The molecular formula is C15H16F3NO3. The number of amides is 1. The fraction of sp³-hybridized carbons (Fsp3) is 0.400. The Kier molecular flexibility index (Phi) is 4.63. The van der Waals surface area contributed by atoms with Crippen molar-refractivity contribution in [3.8, 4) is 11.5 Å². The summed E-state index contributed by atoms with van der Waals surface area (Å²) in [6, 6.07) is 2.34. The van der Waals surface area contributed by atoms with Gasteiger partial charge in [0.05, 0.1) is 0 Å². The number of hydrogen-bond donors (Lipinski definition) is 1. The molecule has 1 heterocycles. The lowest BCUT2D eigenvalue weighted by molar-refractivity contribution is -0.138. The first kappa shape index (κ1) is 16.2. The fourth-order valence-corrected chi connectivity index (χ4v) is 1.87. The molecule has 1 aliphatic rings. The van der Waals surface area contributed by atoms with Crippen LogP contribution in [0.15, 0.2) is 18.2 Å². The zero-order valence-electron chi connectivity index (χ0n) is 12.2. The number of nitrogens with one attached hydrogen (secondary N) is 1. The van der Waals surface area contributed by atoms with Crippen LogP contribution in [-0.4, -0.2) is 19.2 Å². The minimum atomic E-state index is -4.55. The van der Waals surface area contributed by atoms with Crippen LogP contribution >= 0.6 is 0 Å². The van der Waals surface area contributed by atoms with Gasteiger partial charge in [-0.25, -0.2) is 0 Å². The van der Waals surface area contributed by atoms with E-state index in [1.165, 1.54) is 18.2 Å². The van der Waals surface area contributed by atoms with E-state index < -0.39 is 11.7 Å². The van der Waals surface area contributed by atoms with Crippen molar-refractivity contribution in [2.45, 2.75) is 20.0 Å². The topological polar surface area (TPSA) is 47.6 Å². The summed E-state index contributed by atoms with van der Waals surface area (Å²) in [6.07, 6.45) is -2.05. The number of fused-ring (bicyclic) bond motifs is 1. The normalized spacial score (nSPS) is 13.9. The molecule has 0 spiro atoms. The van der Waals surface area contributed by atoms with Crippen molar-refractivity contribution in [3.05, 3.63) is 29.3 Å². The number of alkyl halides is 3. The van der Waals surface area contributed by atoms with Crippen LogP contribution < -0.4 is 14.8 Å². The lowest BCUT2D eigenvalue weighted by atomic mass is 10.1. The van der Waals surface area contributed by atoms with Gasteiger partial charge in [0.15, 0.2) is 11.5 Å². The van der Waals surface area contributed by atoms with E-state index in [4.69, 9.17) is 9.47 Å². The van der Waals surface area contributed by atoms with E-state index in [1.807, 2.05) is 13.8 Å². The van der Waals surface area contributed by atoms with Crippen LogP contribution in [0.1, 0.15) is 25.0 Å². The second-order valence-electron chi connectivity index (χ2n) is 5.27. The summed E-state index contributed by atoms with van der Waals surface area (Å²) in [5.41, 5.74) is -0.694. The number of benzene rings is 1. The molecule has 0 aliphatic carbocycles. The molecule has 1 N–H and O–H groups in total. The van der Waals surface area contributed by atoms with E-state index >= 15 is 0 Å². The number of halogens is 3. The quantitative estimate of drug-likeness (QED) is 0.868. The third kappa shape index (κ3) is 3.93. The summed E-state index contributed by atoms with van der Waals surface area (Å²) in [4.78, 5) is 11.6. The Morgan fingerprint density at radius 3 is 2.73 bits per heavy atom. The zero-order chi connectivity index (χ0) is 16.3. The van der Waals surface area contributed by atoms with Crippen LogP contribution in [-0.2, 0) is 11.0 Å². The van der Waals surface area contributed by atoms with E-state index in [0.717, 1.165) is 6.07 Å². The standard InChI is InChI=1S/C15H16F3NO3/c1-9(2)7-19-13(20)4-3-10-5-11(15(16,17)18)14-12(6-10)21-8-22-14/h3-6,9H,7-8H2,1-2H3,(H,19,20). The maximum absolute atomic E-state index is 13.0. The molecule has 0 saturated heterocycles. The third-order valence-corrected chi connectivity index (χ3v) is 2.91. The van der Waals surface area contributed by atoms with Crippen molar-refractivity contribution >= 4 is 12.0 Å². The minimum absolute atomic E-state index is 0.0251. The molecule has 4 nitrogen and oxygen atoms in total. The maximum atomic E-state index is 13.0. The SMILES string of the molecule is CC(C)CNC(=O)C=Cc1cc2c(c(C(F)(F)F)c1)OCO2. The van der Waals surface area contributed by atoms with Crippen LogP contribution in [0.2, 0.25) is 0 Å². The molecule has 1 aliphatic heterocycles. The summed E-state index contributed by atoms with van der Waals surface area (Å²) in [5.74, 6) is -0.356. The van der Waals surface area contributed by atoms with Crippen molar-refractivity contribution in [2.24, 2.45) is 5.92 Å². The number of carbonyl (C=O) groups is 1. The van der Waals surface area contributed by atoms with Crippen LogP contribution in [0.5, 0.6) is 11.5 Å². The summed E-state index contributed by atoms with van der Waals surface area (Å²) in [6.45, 7) is 4.13. The van der Waals surface area contributed by atoms with Gasteiger partial charge in [-0.05, 0) is 29.7 Å². The molecule has 2 rings (SSSR count). The van der Waals surface area contributed by atoms with E-state index in [2.05, 4.69) is 5.32 Å². The summed E-state index contributed by atoms with van der Waals surface area (Å²) in [5, 5.41) is 2.65. The highest BCUT2D eigenvalue weighted by Gasteiger charge is 2.38. The van der Waals surface area contributed by atoms with Crippen LogP contribution in [0.3, 0.4) is 0 Å². The molecular weight excluding hydrogens is 299 g/mol. The first-order valence-corrected chi connectivity index (χ1v) is 6.74. The third-order valence-electron chi connectivity index (χ3n) is 2.91. The van der Waals surface area contributed by atoms with E-state index in [1.54, 1.807) is 0 Å². The first-order chi connectivity index (χ1) is 10.3. The van der Waals surface area contributed by atoms with Gasteiger partial charge >= 0.3 is 6.18 Å². The van der Waals surface area contributed by atoms with Crippen LogP contribution in [0.4, 0.5) is 13.2 Å². The van der Waals surface area contributed by atoms with Gasteiger partial charge in [0.25, 0.3) is 0 Å². The van der Waals surface area contributed by atoms with Crippen molar-refractivity contribution in [1.82, 2.24) is 5.32 Å². The number of carbonyl (C=O) groups excluding carboxylic acids is 1. The molecule has 1 aromatic rings. The van der Waals surface area contributed by atoms with Gasteiger partial charge < -0.3 is 14.8 Å². The zero-order valence-corrected chi connectivity index (χ0v) is 12.2.